The molecule has 1 heterocycles. The smallest absolute Gasteiger partial charge is 0.376 e. The Kier molecular flexibility index (Phi) is 4.08. The van der Waals surface area contributed by atoms with E-state index >= 15 is 0 Å². The SMILES string of the molecule is COC(=O)c1ncc(C#CCBr)cn1. The van der Waals surface area contributed by atoms with Crippen molar-refractivity contribution in [2.45, 2.75) is 0 Å². The van der Waals surface area contributed by atoms with Crippen molar-refractivity contribution in [3.63, 3.8) is 0 Å². The summed E-state index contributed by atoms with van der Waals surface area (Å²) in [5.74, 6) is 5.09. The summed E-state index contributed by atoms with van der Waals surface area (Å²) in [5, 5.41) is 0.589. The Morgan fingerprint density at radius 3 is 2.71 bits per heavy atom. The van der Waals surface area contributed by atoms with Crippen LogP contribution in [0.15, 0.2) is 12.4 Å². The molecule has 0 unspecified atom stereocenters. The van der Waals surface area contributed by atoms with Crippen molar-refractivity contribution in [1.82, 2.24) is 9.97 Å². The van der Waals surface area contributed by atoms with Crippen LogP contribution in [0.4, 0.5) is 0 Å². The number of ether oxygens (including phenoxy) is 1. The highest BCUT2D eigenvalue weighted by atomic mass is 79.9. The third kappa shape index (κ3) is 2.82. The first-order chi connectivity index (χ1) is 6.77. The lowest BCUT2D eigenvalue weighted by Crippen LogP contribution is -2.06. The van der Waals surface area contributed by atoms with Crippen LogP contribution in [0.5, 0.6) is 0 Å². The van der Waals surface area contributed by atoms with Crippen LogP contribution in [0.2, 0.25) is 0 Å². The summed E-state index contributed by atoms with van der Waals surface area (Å²) in [6.45, 7) is 0. The third-order valence-electron chi connectivity index (χ3n) is 1.32. The Morgan fingerprint density at radius 2 is 2.21 bits per heavy atom. The number of halogens is 1. The van der Waals surface area contributed by atoms with Crippen molar-refractivity contribution < 1.29 is 9.53 Å². The van der Waals surface area contributed by atoms with E-state index in [0.29, 0.717) is 10.9 Å². The van der Waals surface area contributed by atoms with Crippen LogP contribution in [0.3, 0.4) is 0 Å². The van der Waals surface area contributed by atoms with Crippen LogP contribution in [-0.2, 0) is 4.74 Å². The van der Waals surface area contributed by atoms with Gasteiger partial charge in [0.15, 0.2) is 0 Å². The molecular weight excluding hydrogens is 248 g/mol. The molecule has 1 rings (SSSR count). The fourth-order valence-corrected chi connectivity index (χ4v) is 0.865. The van der Waals surface area contributed by atoms with Gasteiger partial charge in [-0.1, -0.05) is 27.8 Å². The molecule has 0 aliphatic rings. The number of carbonyl (C=O) groups is 1. The highest BCUT2D eigenvalue weighted by Crippen LogP contribution is 1.95. The minimum atomic E-state index is -0.551. The summed E-state index contributed by atoms with van der Waals surface area (Å²) < 4.78 is 4.45. The van der Waals surface area contributed by atoms with Gasteiger partial charge in [-0.2, -0.15) is 0 Å². The molecule has 0 aliphatic carbocycles. The maximum absolute atomic E-state index is 10.9. The monoisotopic (exact) mass is 254 g/mol. The summed E-state index contributed by atoms with van der Waals surface area (Å²) in [4.78, 5) is 18.5. The highest BCUT2D eigenvalue weighted by molar-refractivity contribution is 9.09. The Morgan fingerprint density at radius 1 is 1.57 bits per heavy atom. The summed E-state index contributed by atoms with van der Waals surface area (Å²) >= 11 is 3.17. The minimum Gasteiger partial charge on any atom is -0.463 e. The number of hydrogen-bond donors (Lipinski definition) is 0. The molecule has 0 fully saturated rings. The van der Waals surface area contributed by atoms with Crippen LogP contribution in [0.25, 0.3) is 0 Å². The molecule has 14 heavy (non-hydrogen) atoms. The van der Waals surface area contributed by atoms with Gasteiger partial charge in [0, 0.05) is 12.4 Å². The lowest BCUT2D eigenvalue weighted by atomic mass is 10.3. The van der Waals surface area contributed by atoms with Gasteiger partial charge in [-0.3, -0.25) is 0 Å². The van der Waals surface area contributed by atoms with Crippen molar-refractivity contribution in [1.29, 1.82) is 0 Å². The van der Waals surface area contributed by atoms with Crippen molar-refractivity contribution in [3.8, 4) is 11.8 Å². The minimum absolute atomic E-state index is 0.0388. The fraction of sp³-hybridized carbons (Fsp3) is 0.222. The zero-order chi connectivity index (χ0) is 10.4. The van der Waals surface area contributed by atoms with Crippen LogP contribution < -0.4 is 0 Å². The van der Waals surface area contributed by atoms with Crippen molar-refractivity contribution >= 4 is 21.9 Å². The number of esters is 1. The molecule has 0 atom stereocenters. The van der Waals surface area contributed by atoms with Crippen LogP contribution in [0.1, 0.15) is 16.2 Å². The largest absolute Gasteiger partial charge is 0.463 e. The molecule has 0 radical (unpaired) electrons. The summed E-state index contributed by atoms with van der Waals surface area (Å²) in [5.41, 5.74) is 0.664. The molecule has 0 saturated heterocycles. The zero-order valence-corrected chi connectivity index (χ0v) is 9.04. The molecule has 1 aromatic rings. The van der Waals surface area contributed by atoms with Crippen molar-refractivity contribution in [2.24, 2.45) is 0 Å². The van der Waals surface area contributed by atoms with E-state index in [2.05, 4.69) is 42.5 Å². The van der Waals surface area contributed by atoms with Gasteiger partial charge < -0.3 is 4.74 Å². The lowest BCUT2D eigenvalue weighted by Gasteiger charge is -1.95. The first-order valence-corrected chi connectivity index (χ1v) is 4.85. The number of nitrogens with zero attached hydrogens (tertiary/aromatic N) is 2. The number of rotatable bonds is 1. The van der Waals surface area contributed by atoms with Crippen LogP contribution in [0, 0.1) is 11.8 Å². The van der Waals surface area contributed by atoms with E-state index < -0.39 is 5.97 Å². The molecule has 0 saturated carbocycles. The van der Waals surface area contributed by atoms with Gasteiger partial charge in [0.2, 0.25) is 5.82 Å². The number of alkyl halides is 1. The predicted molar refractivity (Wildman–Crippen MR) is 54.0 cm³/mol. The van der Waals surface area contributed by atoms with E-state index in [1.54, 1.807) is 0 Å². The van der Waals surface area contributed by atoms with Crippen molar-refractivity contribution in [2.75, 3.05) is 12.4 Å². The lowest BCUT2D eigenvalue weighted by molar-refractivity contribution is 0.0586. The number of aromatic nitrogens is 2. The van der Waals surface area contributed by atoms with Gasteiger partial charge in [-0.15, -0.1) is 0 Å². The molecule has 0 aromatic carbocycles. The second-order valence-electron chi connectivity index (χ2n) is 2.22. The van der Waals surface area contributed by atoms with Gasteiger partial charge in [-0.05, 0) is 0 Å². The zero-order valence-electron chi connectivity index (χ0n) is 7.45. The predicted octanol–water partition coefficient (Wildman–Crippen LogP) is 1.01. The molecule has 72 valence electrons. The molecule has 0 N–H and O–H groups in total. The van der Waals surface area contributed by atoms with Gasteiger partial charge in [0.05, 0.1) is 18.0 Å². The highest BCUT2D eigenvalue weighted by Gasteiger charge is 2.07. The topological polar surface area (TPSA) is 52.1 Å². The molecule has 5 heteroatoms. The van der Waals surface area contributed by atoms with E-state index in [4.69, 9.17) is 0 Å². The van der Waals surface area contributed by atoms with E-state index in [-0.39, 0.29) is 5.82 Å². The second-order valence-corrected chi connectivity index (χ2v) is 2.78. The summed E-state index contributed by atoms with van der Waals surface area (Å²) in [6.07, 6.45) is 2.96. The first kappa shape index (κ1) is 10.7. The van der Waals surface area contributed by atoms with Gasteiger partial charge in [0.1, 0.15) is 0 Å². The summed E-state index contributed by atoms with van der Waals surface area (Å²) in [7, 11) is 1.28. The fourth-order valence-electron chi connectivity index (χ4n) is 0.725. The molecule has 0 bridgehead atoms. The maximum Gasteiger partial charge on any atom is 0.376 e. The van der Waals surface area contributed by atoms with E-state index in [9.17, 15) is 4.79 Å². The van der Waals surface area contributed by atoms with Crippen LogP contribution >= 0.6 is 15.9 Å². The van der Waals surface area contributed by atoms with Gasteiger partial charge in [-0.25, -0.2) is 14.8 Å². The second kappa shape index (κ2) is 5.35. The number of hydrogen-bond acceptors (Lipinski definition) is 4. The molecule has 4 nitrogen and oxygen atoms in total. The van der Waals surface area contributed by atoms with E-state index in [1.807, 2.05) is 0 Å². The van der Waals surface area contributed by atoms with Crippen LogP contribution in [-0.4, -0.2) is 28.4 Å². The average molecular weight is 255 g/mol. The van der Waals surface area contributed by atoms with Gasteiger partial charge in [0.25, 0.3) is 0 Å². The quantitative estimate of drug-likeness (QED) is 0.427. The van der Waals surface area contributed by atoms with E-state index in [0.717, 1.165) is 0 Å². The summed E-state index contributed by atoms with van der Waals surface area (Å²) in [6, 6.07) is 0. The average Bonchev–Trinajstić information content (AvgIpc) is 2.26. The third-order valence-corrected chi connectivity index (χ3v) is 1.60. The van der Waals surface area contributed by atoms with Gasteiger partial charge >= 0.3 is 5.97 Å². The number of carbonyl (C=O) groups excluding carboxylic acids is 1. The molecule has 0 aliphatic heterocycles. The Labute approximate surface area is 89.8 Å². The molecule has 0 amide bonds. The Hall–Kier alpha value is -1.41. The molecule has 0 spiro atoms. The number of methoxy groups -OCH3 is 1. The van der Waals surface area contributed by atoms with E-state index in [1.165, 1.54) is 19.5 Å². The normalized spacial score (nSPS) is 8.71. The standard InChI is InChI=1S/C9H7BrN2O2/c1-14-9(13)8-11-5-7(6-12-8)3-2-4-10/h5-6H,4H2,1H3. The Bertz CT molecular complexity index is 378. The molecule has 1 aromatic heterocycles. The molecular formula is C9H7BrN2O2. The Balaban J connectivity index is 2.83. The van der Waals surface area contributed by atoms with Crippen molar-refractivity contribution in [3.05, 3.63) is 23.8 Å². The first-order valence-electron chi connectivity index (χ1n) is 3.73. The maximum atomic E-state index is 10.9.